The zero-order valence-electron chi connectivity index (χ0n) is 22.0. The molecule has 0 aromatic heterocycles. The second kappa shape index (κ2) is 16.5. The predicted octanol–water partition coefficient (Wildman–Crippen LogP) is -1.62. The Morgan fingerprint density at radius 3 is 1.73 bits per heavy atom. The van der Waals surface area contributed by atoms with E-state index in [1.165, 1.54) is 0 Å². The summed E-state index contributed by atoms with van der Waals surface area (Å²) < 4.78 is 0. The molecule has 0 aliphatic carbocycles. The normalized spacial score (nSPS) is 13.7. The largest absolute Gasteiger partial charge is 0.480 e. The fourth-order valence-electron chi connectivity index (χ4n) is 3.79. The average Bonchev–Trinajstić information content (AvgIpc) is 2.94. The van der Waals surface area contributed by atoms with Crippen LogP contribution in [0.15, 0.2) is 65.7 Å². The Labute approximate surface area is 232 Å². The summed E-state index contributed by atoms with van der Waals surface area (Å²) in [6.07, 6.45) is 0.494. The van der Waals surface area contributed by atoms with Crippen molar-refractivity contribution in [1.29, 1.82) is 0 Å². The smallest absolute Gasteiger partial charge is 0.326 e. The van der Waals surface area contributed by atoms with Gasteiger partial charge in [-0.3, -0.25) is 19.4 Å². The quantitative estimate of drug-likeness (QED) is 0.0674. The van der Waals surface area contributed by atoms with E-state index < -0.39 is 54.5 Å². The number of aliphatic hydroxyl groups excluding tert-OH is 1. The first-order valence-corrected chi connectivity index (χ1v) is 12.7. The number of nitrogens with one attached hydrogen (secondary N) is 3. The van der Waals surface area contributed by atoms with Crippen molar-refractivity contribution >= 4 is 29.7 Å². The monoisotopic (exact) mass is 555 g/mol. The molecule has 4 unspecified atom stereocenters. The maximum Gasteiger partial charge on any atom is 0.326 e. The van der Waals surface area contributed by atoms with E-state index >= 15 is 0 Å². The molecule has 11 N–H and O–H groups in total. The van der Waals surface area contributed by atoms with Crippen LogP contribution in [0.2, 0.25) is 0 Å². The van der Waals surface area contributed by atoms with Gasteiger partial charge >= 0.3 is 5.97 Å². The summed E-state index contributed by atoms with van der Waals surface area (Å²) in [5.41, 5.74) is 17.7. The number of hydrogen-bond donors (Lipinski definition) is 8. The van der Waals surface area contributed by atoms with Crippen LogP contribution in [0.25, 0.3) is 0 Å². The van der Waals surface area contributed by atoms with E-state index in [2.05, 4.69) is 20.9 Å². The minimum atomic E-state index is -1.26. The Morgan fingerprint density at radius 1 is 0.750 bits per heavy atom. The van der Waals surface area contributed by atoms with Crippen LogP contribution in [0.3, 0.4) is 0 Å². The number of nitrogens with zero attached hydrogens (tertiary/aromatic N) is 1. The van der Waals surface area contributed by atoms with Crippen LogP contribution in [-0.4, -0.2) is 77.2 Å². The van der Waals surface area contributed by atoms with Crippen LogP contribution in [0.4, 0.5) is 0 Å². The molecule has 0 fully saturated rings. The van der Waals surface area contributed by atoms with Crippen molar-refractivity contribution in [3.8, 4) is 0 Å². The SMILES string of the molecule is NC(N)=NCCCC(NC(=O)C(N)CO)C(=O)NC(Cc1ccccc1)C(=O)NC(Cc1ccccc1)C(=O)O. The summed E-state index contributed by atoms with van der Waals surface area (Å²) in [4.78, 5) is 54.8. The van der Waals surface area contributed by atoms with E-state index in [0.29, 0.717) is 17.5 Å². The third kappa shape index (κ3) is 11.1. The number of guanidine groups is 1. The standard InChI is InChI=1S/C27H37N7O6/c28-19(16-35)23(36)32-20(12-7-13-31-27(29)30)24(37)33-21(14-17-8-3-1-4-9-17)25(38)34-22(26(39)40)15-18-10-5-2-6-11-18/h1-6,8-11,19-22,35H,7,12-16,28H2,(H,32,36)(H,33,37)(H,34,38)(H,39,40)(H4,29,30,31). The molecule has 13 heteroatoms. The highest BCUT2D eigenvalue weighted by Crippen LogP contribution is 2.08. The Hall–Kier alpha value is -4.49. The number of rotatable bonds is 16. The molecule has 0 heterocycles. The van der Waals surface area contributed by atoms with Gasteiger partial charge in [0, 0.05) is 19.4 Å². The number of aliphatic carboxylic acids is 1. The van der Waals surface area contributed by atoms with Crippen molar-refractivity contribution in [2.75, 3.05) is 13.2 Å². The van der Waals surface area contributed by atoms with Crippen LogP contribution in [0.1, 0.15) is 24.0 Å². The fourth-order valence-corrected chi connectivity index (χ4v) is 3.79. The molecule has 216 valence electrons. The first-order valence-electron chi connectivity index (χ1n) is 12.7. The molecule has 2 aromatic rings. The average molecular weight is 556 g/mol. The lowest BCUT2D eigenvalue weighted by Crippen LogP contribution is -2.58. The fraction of sp³-hybridized carbons (Fsp3) is 0.370. The van der Waals surface area contributed by atoms with E-state index in [9.17, 15) is 29.4 Å². The van der Waals surface area contributed by atoms with Gasteiger partial charge < -0.3 is 43.4 Å². The van der Waals surface area contributed by atoms with Crippen LogP contribution in [-0.2, 0) is 32.0 Å². The molecule has 13 nitrogen and oxygen atoms in total. The zero-order valence-corrected chi connectivity index (χ0v) is 22.0. The van der Waals surface area contributed by atoms with Gasteiger partial charge in [-0.25, -0.2) is 4.79 Å². The Kier molecular flexibility index (Phi) is 13.1. The summed E-state index contributed by atoms with van der Waals surface area (Å²) in [6, 6.07) is 12.9. The molecule has 0 saturated carbocycles. The van der Waals surface area contributed by atoms with Crippen LogP contribution < -0.4 is 33.2 Å². The van der Waals surface area contributed by atoms with Crippen molar-refractivity contribution < 1.29 is 29.4 Å². The topological polar surface area (TPSA) is 235 Å². The van der Waals surface area contributed by atoms with Crippen molar-refractivity contribution in [2.45, 2.75) is 49.9 Å². The number of aliphatic hydroxyl groups is 1. The number of benzene rings is 2. The third-order valence-corrected chi connectivity index (χ3v) is 5.92. The lowest BCUT2D eigenvalue weighted by atomic mass is 10.0. The van der Waals surface area contributed by atoms with Crippen LogP contribution in [0.5, 0.6) is 0 Å². The predicted molar refractivity (Wildman–Crippen MR) is 149 cm³/mol. The second-order valence-electron chi connectivity index (χ2n) is 9.14. The first-order chi connectivity index (χ1) is 19.1. The summed E-state index contributed by atoms with van der Waals surface area (Å²) in [7, 11) is 0. The number of aliphatic imine (C=N–C) groups is 1. The molecule has 0 aliphatic heterocycles. The van der Waals surface area contributed by atoms with Gasteiger partial charge in [-0.15, -0.1) is 0 Å². The van der Waals surface area contributed by atoms with Crippen LogP contribution >= 0.6 is 0 Å². The molecule has 2 rings (SSSR count). The van der Waals surface area contributed by atoms with Gasteiger partial charge in [-0.05, 0) is 24.0 Å². The van der Waals surface area contributed by atoms with E-state index in [0.717, 1.165) is 0 Å². The third-order valence-electron chi connectivity index (χ3n) is 5.92. The van der Waals surface area contributed by atoms with E-state index in [1.54, 1.807) is 60.7 Å². The van der Waals surface area contributed by atoms with Crippen molar-refractivity contribution in [1.82, 2.24) is 16.0 Å². The molecule has 3 amide bonds. The van der Waals surface area contributed by atoms with Gasteiger partial charge in [0.2, 0.25) is 17.7 Å². The number of carbonyl (C=O) groups excluding carboxylic acids is 3. The van der Waals surface area contributed by atoms with Gasteiger partial charge in [-0.1, -0.05) is 60.7 Å². The van der Waals surface area contributed by atoms with E-state index in [4.69, 9.17) is 17.2 Å². The van der Waals surface area contributed by atoms with Gasteiger partial charge in [0.1, 0.15) is 24.2 Å². The lowest BCUT2D eigenvalue weighted by Gasteiger charge is -2.25. The maximum atomic E-state index is 13.3. The molecule has 0 saturated heterocycles. The Morgan fingerprint density at radius 2 is 1.23 bits per heavy atom. The molecule has 0 aliphatic rings. The lowest BCUT2D eigenvalue weighted by molar-refractivity contribution is -0.142. The number of carboxylic acids is 1. The number of amides is 3. The van der Waals surface area contributed by atoms with Gasteiger partial charge in [0.05, 0.1) is 6.61 Å². The van der Waals surface area contributed by atoms with Crippen LogP contribution in [0, 0.1) is 0 Å². The summed E-state index contributed by atoms with van der Waals surface area (Å²) in [5, 5.41) is 26.6. The highest BCUT2D eigenvalue weighted by Gasteiger charge is 2.30. The van der Waals surface area contributed by atoms with Crippen molar-refractivity contribution in [2.24, 2.45) is 22.2 Å². The number of nitrogens with two attached hydrogens (primary N) is 3. The Balaban J connectivity index is 2.24. The molecule has 2 aromatic carbocycles. The number of carboxylic acid groups (broad SMARTS) is 1. The summed E-state index contributed by atoms with van der Waals surface area (Å²) in [5.74, 6) is -3.53. The molecule has 0 radical (unpaired) electrons. The minimum absolute atomic E-state index is 0.0381. The van der Waals surface area contributed by atoms with E-state index in [-0.39, 0.29) is 31.8 Å². The molecular formula is C27H37N7O6. The molecule has 4 atom stereocenters. The van der Waals surface area contributed by atoms with Crippen molar-refractivity contribution in [3.63, 3.8) is 0 Å². The number of carbonyl (C=O) groups is 4. The van der Waals surface area contributed by atoms with Gasteiger partial charge in [-0.2, -0.15) is 0 Å². The maximum absolute atomic E-state index is 13.3. The Bertz CT molecular complexity index is 1140. The molecule has 0 bridgehead atoms. The number of hydrogen-bond acceptors (Lipinski definition) is 7. The first kappa shape index (κ1) is 31.7. The second-order valence-corrected chi connectivity index (χ2v) is 9.14. The van der Waals surface area contributed by atoms with Gasteiger partial charge in [0.15, 0.2) is 5.96 Å². The zero-order chi connectivity index (χ0) is 29.5. The molecule has 40 heavy (non-hydrogen) atoms. The van der Waals surface area contributed by atoms with Gasteiger partial charge in [0.25, 0.3) is 0 Å². The highest BCUT2D eigenvalue weighted by atomic mass is 16.4. The summed E-state index contributed by atoms with van der Waals surface area (Å²) in [6.45, 7) is -0.451. The molecule has 0 spiro atoms. The van der Waals surface area contributed by atoms with E-state index in [1.807, 2.05) is 0 Å². The highest BCUT2D eigenvalue weighted by molar-refractivity contribution is 5.94. The summed E-state index contributed by atoms with van der Waals surface area (Å²) >= 11 is 0. The van der Waals surface area contributed by atoms with Crippen molar-refractivity contribution in [3.05, 3.63) is 71.8 Å². The minimum Gasteiger partial charge on any atom is -0.480 e. The molecular weight excluding hydrogens is 518 g/mol.